The number of carbonyl (C=O) groups is 1. The summed E-state index contributed by atoms with van der Waals surface area (Å²) < 4.78 is 34.7. The van der Waals surface area contributed by atoms with E-state index in [9.17, 15) is 14.3 Å². The van der Waals surface area contributed by atoms with Crippen molar-refractivity contribution in [2.24, 2.45) is 0 Å². The SMILES string of the molecule is CCCCC/C=C\C/C=C\CCCCCCCCCCCCOCC(COP(=O)(O)OCC[N+](C)(C)C)OC(=O)CCCCCCCC. The van der Waals surface area contributed by atoms with E-state index in [0.717, 1.165) is 38.5 Å². The molecule has 0 spiro atoms. The molecule has 48 heavy (non-hydrogen) atoms. The van der Waals surface area contributed by atoms with Crippen LogP contribution < -0.4 is 0 Å². The lowest BCUT2D eigenvalue weighted by atomic mass is 10.1. The first-order valence-electron chi connectivity index (χ1n) is 19.6. The van der Waals surface area contributed by atoms with Gasteiger partial charge in [0, 0.05) is 13.0 Å². The fourth-order valence-corrected chi connectivity index (χ4v) is 5.91. The van der Waals surface area contributed by atoms with Crippen LogP contribution in [-0.4, -0.2) is 75.6 Å². The second kappa shape index (κ2) is 33.1. The molecule has 2 unspecified atom stereocenters. The highest BCUT2D eigenvalue weighted by molar-refractivity contribution is 7.47. The molecule has 1 N–H and O–H groups in total. The van der Waals surface area contributed by atoms with Crippen molar-refractivity contribution in [2.75, 3.05) is 54.1 Å². The van der Waals surface area contributed by atoms with E-state index in [2.05, 4.69) is 38.2 Å². The van der Waals surface area contributed by atoms with Gasteiger partial charge in [0.05, 0.1) is 34.4 Å². The zero-order valence-corrected chi connectivity index (χ0v) is 32.9. The maximum absolute atomic E-state index is 12.5. The van der Waals surface area contributed by atoms with Crippen LogP contribution in [0.2, 0.25) is 0 Å². The van der Waals surface area contributed by atoms with Gasteiger partial charge in [-0.2, -0.15) is 0 Å². The van der Waals surface area contributed by atoms with E-state index in [-0.39, 0.29) is 25.8 Å². The topological polar surface area (TPSA) is 91.3 Å². The van der Waals surface area contributed by atoms with Gasteiger partial charge in [0.1, 0.15) is 19.3 Å². The molecular weight excluding hydrogens is 625 g/mol. The molecule has 0 fully saturated rings. The van der Waals surface area contributed by atoms with Gasteiger partial charge >= 0.3 is 13.8 Å². The Hall–Kier alpha value is -1.02. The molecule has 0 aliphatic carbocycles. The predicted octanol–water partition coefficient (Wildman–Crippen LogP) is 10.9. The monoisotopic (exact) mass is 703 g/mol. The first kappa shape index (κ1) is 47.0. The summed E-state index contributed by atoms with van der Waals surface area (Å²) in [6.45, 7) is 5.53. The largest absolute Gasteiger partial charge is 0.472 e. The molecule has 0 rings (SSSR count). The van der Waals surface area contributed by atoms with Gasteiger partial charge in [-0.1, -0.05) is 134 Å². The Morgan fingerprint density at radius 1 is 0.646 bits per heavy atom. The van der Waals surface area contributed by atoms with Crippen LogP contribution in [0, 0.1) is 0 Å². The summed E-state index contributed by atoms with van der Waals surface area (Å²) >= 11 is 0. The van der Waals surface area contributed by atoms with Crippen LogP contribution in [0.25, 0.3) is 0 Å². The van der Waals surface area contributed by atoms with Crippen molar-refractivity contribution < 1.29 is 37.3 Å². The summed E-state index contributed by atoms with van der Waals surface area (Å²) in [5, 5.41) is 0. The summed E-state index contributed by atoms with van der Waals surface area (Å²) in [6, 6.07) is 0. The number of unbranched alkanes of at least 4 members (excludes halogenated alkanes) is 18. The quantitative estimate of drug-likeness (QED) is 0.0228. The van der Waals surface area contributed by atoms with Gasteiger partial charge in [-0.15, -0.1) is 0 Å². The number of allylic oxidation sites excluding steroid dienone is 4. The average molecular weight is 703 g/mol. The third kappa shape index (κ3) is 36.3. The Bertz CT molecular complexity index is 828. The van der Waals surface area contributed by atoms with Crippen LogP contribution in [0.5, 0.6) is 0 Å². The Balaban J connectivity index is 4.07. The van der Waals surface area contributed by atoms with Crippen LogP contribution in [0.15, 0.2) is 24.3 Å². The Kier molecular flexibility index (Phi) is 32.4. The fourth-order valence-electron chi connectivity index (χ4n) is 5.17. The smallest absolute Gasteiger partial charge is 0.457 e. The molecule has 0 heterocycles. The number of phosphoric acid groups is 1. The van der Waals surface area contributed by atoms with Gasteiger partial charge in [-0.25, -0.2) is 4.57 Å². The molecular formula is C39H77NO7P+. The Morgan fingerprint density at radius 3 is 1.73 bits per heavy atom. The molecule has 8 nitrogen and oxygen atoms in total. The average Bonchev–Trinajstić information content (AvgIpc) is 3.03. The first-order chi connectivity index (χ1) is 23.1. The third-order valence-electron chi connectivity index (χ3n) is 8.27. The van der Waals surface area contributed by atoms with E-state index in [0.29, 0.717) is 24.1 Å². The summed E-state index contributed by atoms with van der Waals surface area (Å²) in [5.41, 5.74) is 0. The second-order valence-electron chi connectivity index (χ2n) is 14.3. The zero-order valence-electron chi connectivity index (χ0n) is 32.0. The standard InChI is InChI=1S/C39H76NO7P/c1-6-8-10-12-14-15-16-17-18-19-20-21-22-23-24-25-26-27-29-31-34-44-36-38(47-39(41)32-30-28-13-11-9-7-2)37-46-48(42,43)45-35-33-40(3,4)5/h14-15,17-18,38H,6-13,16,19-37H2,1-5H3/p+1/b15-14-,18-17-. The van der Waals surface area contributed by atoms with Crippen molar-refractivity contribution in [1.29, 1.82) is 0 Å². The number of ether oxygens (including phenoxy) is 2. The molecule has 0 radical (unpaired) electrons. The highest BCUT2D eigenvalue weighted by Gasteiger charge is 2.26. The zero-order chi connectivity index (χ0) is 35.6. The first-order valence-corrected chi connectivity index (χ1v) is 21.1. The normalized spacial score (nSPS) is 14.2. The van der Waals surface area contributed by atoms with Crippen LogP contribution >= 0.6 is 7.82 Å². The number of quaternary nitrogens is 1. The van der Waals surface area contributed by atoms with Crippen molar-refractivity contribution >= 4 is 13.8 Å². The van der Waals surface area contributed by atoms with Gasteiger partial charge in [-0.05, 0) is 44.9 Å². The van der Waals surface area contributed by atoms with Gasteiger partial charge < -0.3 is 18.9 Å². The molecule has 0 aliphatic heterocycles. The molecule has 0 aromatic carbocycles. The van der Waals surface area contributed by atoms with E-state index in [1.807, 2.05) is 21.1 Å². The number of esters is 1. The van der Waals surface area contributed by atoms with E-state index in [4.69, 9.17) is 18.5 Å². The number of phosphoric ester groups is 1. The molecule has 0 bridgehead atoms. The van der Waals surface area contributed by atoms with E-state index in [1.54, 1.807) is 0 Å². The van der Waals surface area contributed by atoms with E-state index in [1.165, 1.54) is 103 Å². The minimum Gasteiger partial charge on any atom is -0.457 e. The van der Waals surface area contributed by atoms with Gasteiger partial charge in [0.15, 0.2) is 0 Å². The number of carbonyl (C=O) groups excluding carboxylic acids is 1. The predicted molar refractivity (Wildman–Crippen MR) is 201 cm³/mol. The van der Waals surface area contributed by atoms with Crippen molar-refractivity contribution in [3.8, 4) is 0 Å². The van der Waals surface area contributed by atoms with Crippen LogP contribution in [0.3, 0.4) is 0 Å². The molecule has 0 saturated carbocycles. The van der Waals surface area contributed by atoms with E-state index >= 15 is 0 Å². The lowest BCUT2D eigenvalue weighted by Crippen LogP contribution is -2.37. The molecule has 0 aromatic heterocycles. The fraction of sp³-hybridized carbons (Fsp3) is 0.872. The van der Waals surface area contributed by atoms with Crippen molar-refractivity contribution in [3.05, 3.63) is 24.3 Å². The lowest BCUT2D eigenvalue weighted by Gasteiger charge is -2.24. The minimum atomic E-state index is -4.26. The molecule has 2 atom stereocenters. The van der Waals surface area contributed by atoms with Crippen LogP contribution in [0.1, 0.15) is 162 Å². The Morgan fingerprint density at radius 2 is 1.15 bits per heavy atom. The maximum Gasteiger partial charge on any atom is 0.472 e. The molecule has 9 heteroatoms. The van der Waals surface area contributed by atoms with Crippen molar-refractivity contribution in [2.45, 2.75) is 168 Å². The summed E-state index contributed by atoms with van der Waals surface area (Å²) in [7, 11) is 1.67. The molecule has 0 aromatic rings. The van der Waals surface area contributed by atoms with Gasteiger partial charge in [0.25, 0.3) is 0 Å². The van der Waals surface area contributed by atoms with Crippen molar-refractivity contribution in [3.63, 3.8) is 0 Å². The van der Waals surface area contributed by atoms with Crippen LogP contribution in [0.4, 0.5) is 0 Å². The van der Waals surface area contributed by atoms with Gasteiger partial charge in [-0.3, -0.25) is 13.8 Å². The molecule has 0 aliphatic rings. The summed E-state index contributed by atoms with van der Waals surface area (Å²) in [4.78, 5) is 22.6. The third-order valence-corrected chi connectivity index (χ3v) is 9.25. The highest BCUT2D eigenvalue weighted by atomic mass is 31.2. The summed E-state index contributed by atoms with van der Waals surface area (Å²) in [6.07, 6.45) is 35.2. The number of likely N-dealkylation sites (N-methyl/N-ethyl adjacent to an activating group) is 1. The lowest BCUT2D eigenvalue weighted by molar-refractivity contribution is -0.870. The van der Waals surface area contributed by atoms with Gasteiger partial charge in [0.2, 0.25) is 0 Å². The maximum atomic E-state index is 12.5. The number of rotatable bonds is 36. The van der Waals surface area contributed by atoms with Crippen molar-refractivity contribution in [1.82, 2.24) is 0 Å². The molecule has 0 amide bonds. The molecule has 0 saturated heterocycles. The number of hydrogen-bond donors (Lipinski definition) is 1. The molecule has 284 valence electrons. The summed E-state index contributed by atoms with van der Waals surface area (Å²) in [5.74, 6) is -0.324. The number of hydrogen-bond acceptors (Lipinski definition) is 6. The second-order valence-corrected chi connectivity index (χ2v) is 15.8. The highest BCUT2D eigenvalue weighted by Crippen LogP contribution is 2.43. The number of nitrogens with zero attached hydrogens (tertiary/aromatic N) is 1. The van der Waals surface area contributed by atoms with E-state index < -0.39 is 13.9 Å². The Labute approximate surface area is 296 Å². The van der Waals surface area contributed by atoms with Crippen LogP contribution in [-0.2, 0) is 27.9 Å². The minimum absolute atomic E-state index is 0.0891.